The molecular weight excluding hydrogens is 353 g/mol. The monoisotopic (exact) mass is 371 g/mol. The fourth-order valence-electron chi connectivity index (χ4n) is 2.93. The van der Waals surface area contributed by atoms with Crippen molar-refractivity contribution in [3.05, 3.63) is 28.8 Å². The van der Waals surface area contributed by atoms with Crippen LogP contribution in [0.25, 0.3) is 10.2 Å². The molecule has 1 atom stereocenters. The molecule has 1 aliphatic heterocycles. The maximum Gasteiger partial charge on any atom is 0.266 e. The number of carbonyl (C=O) groups is 1. The van der Waals surface area contributed by atoms with Gasteiger partial charge in [-0.2, -0.15) is 9.30 Å². The summed E-state index contributed by atoms with van der Waals surface area (Å²) in [5, 5.41) is 0. The van der Waals surface area contributed by atoms with Gasteiger partial charge in [-0.25, -0.2) is 12.8 Å². The number of nitrogens with zero attached hydrogens (tertiary/aromatic N) is 3. The Labute approximate surface area is 143 Å². The lowest BCUT2D eigenvalue weighted by atomic mass is 10.0. The molecule has 1 saturated heterocycles. The van der Waals surface area contributed by atoms with Crippen molar-refractivity contribution in [2.24, 2.45) is 12.0 Å². The average molecular weight is 371 g/mol. The number of halogens is 1. The molecule has 2 aromatic rings. The minimum Gasteiger partial charge on any atom is -0.319 e. The maximum atomic E-state index is 13.3. The summed E-state index contributed by atoms with van der Waals surface area (Å²) in [5.41, 5.74) is 0.775. The summed E-state index contributed by atoms with van der Waals surface area (Å²) in [6, 6.07) is 3.63. The number of amides is 1. The largest absolute Gasteiger partial charge is 0.319 e. The van der Waals surface area contributed by atoms with Crippen LogP contribution < -0.4 is 4.80 Å². The van der Waals surface area contributed by atoms with E-state index < -0.39 is 22.0 Å². The molecule has 3 rings (SSSR count). The summed E-state index contributed by atoms with van der Waals surface area (Å²) >= 11 is 1.21. The van der Waals surface area contributed by atoms with E-state index in [1.807, 2.05) is 0 Å². The highest BCUT2D eigenvalue weighted by Crippen LogP contribution is 2.21. The van der Waals surface area contributed by atoms with Gasteiger partial charge in [-0.05, 0) is 31.0 Å². The van der Waals surface area contributed by atoms with Crippen molar-refractivity contribution in [1.82, 2.24) is 8.87 Å². The zero-order valence-electron chi connectivity index (χ0n) is 13.4. The molecule has 2 heterocycles. The minimum absolute atomic E-state index is 0.342. The van der Waals surface area contributed by atoms with Crippen molar-refractivity contribution >= 4 is 37.5 Å². The van der Waals surface area contributed by atoms with Crippen LogP contribution in [-0.4, -0.2) is 42.0 Å². The smallest absolute Gasteiger partial charge is 0.266 e. The number of rotatable bonds is 2. The summed E-state index contributed by atoms with van der Waals surface area (Å²) in [6.07, 6.45) is 3.12. The van der Waals surface area contributed by atoms with Gasteiger partial charge in [0.05, 0.1) is 16.5 Å². The van der Waals surface area contributed by atoms with Gasteiger partial charge in [-0.1, -0.05) is 17.8 Å². The first-order chi connectivity index (χ1) is 11.3. The van der Waals surface area contributed by atoms with E-state index in [1.165, 1.54) is 27.8 Å². The molecule has 9 heteroatoms. The van der Waals surface area contributed by atoms with Crippen molar-refractivity contribution in [3.63, 3.8) is 0 Å². The average Bonchev–Trinajstić information content (AvgIpc) is 2.82. The zero-order valence-corrected chi connectivity index (χ0v) is 15.0. The van der Waals surface area contributed by atoms with Gasteiger partial charge >= 0.3 is 0 Å². The van der Waals surface area contributed by atoms with Crippen LogP contribution in [-0.2, 0) is 21.9 Å². The molecule has 130 valence electrons. The van der Waals surface area contributed by atoms with E-state index in [1.54, 1.807) is 17.7 Å². The number of benzene rings is 1. The standard InChI is InChI=1S/C15H18FN3O3S2/c1-18-11-7-6-10(16)9-13(11)23-15(18)17-14(20)12-5-3-4-8-19(12)24(2,21)22/h6-7,9,12H,3-5,8H2,1-2H3. The molecule has 1 unspecified atom stereocenters. The predicted molar refractivity (Wildman–Crippen MR) is 90.5 cm³/mol. The van der Waals surface area contributed by atoms with Gasteiger partial charge in [-0.3, -0.25) is 4.79 Å². The molecule has 0 N–H and O–H groups in total. The quantitative estimate of drug-likeness (QED) is 0.805. The normalized spacial score (nSPS) is 20.6. The first-order valence-corrected chi connectivity index (χ1v) is 10.2. The Morgan fingerprint density at radius 3 is 2.83 bits per heavy atom. The molecule has 0 aliphatic carbocycles. The highest BCUT2D eigenvalue weighted by Gasteiger charge is 2.34. The van der Waals surface area contributed by atoms with Crippen LogP contribution in [0.1, 0.15) is 19.3 Å². The third kappa shape index (κ3) is 3.28. The minimum atomic E-state index is -3.45. The molecule has 1 aromatic carbocycles. The zero-order chi connectivity index (χ0) is 17.5. The number of hydrogen-bond acceptors (Lipinski definition) is 4. The third-order valence-electron chi connectivity index (χ3n) is 4.14. The molecule has 1 amide bonds. The number of thiazole rings is 1. The molecule has 0 radical (unpaired) electrons. The fourth-order valence-corrected chi connectivity index (χ4v) is 5.10. The number of aromatic nitrogens is 1. The maximum absolute atomic E-state index is 13.3. The molecule has 1 fully saturated rings. The number of aryl methyl sites for hydroxylation is 1. The first kappa shape index (κ1) is 17.2. The van der Waals surface area contributed by atoms with E-state index >= 15 is 0 Å². The lowest BCUT2D eigenvalue weighted by Gasteiger charge is -2.31. The molecule has 24 heavy (non-hydrogen) atoms. The van der Waals surface area contributed by atoms with E-state index in [0.29, 0.717) is 22.5 Å². The first-order valence-electron chi connectivity index (χ1n) is 7.58. The van der Waals surface area contributed by atoms with Gasteiger partial charge < -0.3 is 4.57 Å². The second-order valence-corrected chi connectivity index (χ2v) is 8.84. The fraction of sp³-hybridized carbons (Fsp3) is 0.467. The Morgan fingerprint density at radius 1 is 1.38 bits per heavy atom. The van der Waals surface area contributed by atoms with Crippen molar-refractivity contribution in [2.75, 3.05) is 12.8 Å². The lowest BCUT2D eigenvalue weighted by Crippen LogP contribution is -2.47. The molecule has 0 spiro atoms. The summed E-state index contributed by atoms with van der Waals surface area (Å²) in [6.45, 7) is 0.342. The SMILES string of the molecule is Cn1c(=NC(=O)C2CCCCN2S(C)(=O)=O)sc2cc(F)ccc21. The molecular formula is C15H18FN3O3S2. The second kappa shape index (κ2) is 6.38. The highest BCUT2D eigenvalue weighted by atomic mass is 32.2. The van der Waals surface area contributed by atoms with Gasteiger partial charge in [0, 0.05) is 13.6 Å². The summed E-state index contributed by atoms with van der Waals surface area (Å²) in [4.78, 5) is 17.1. The van der Waals surface area contributed by atoms with Crippen LogP contribution in [0.5, 0.6) is 0 Å². The van der Waals surface area contributed by atoms with E-state index in [4.69, 9.17) is 0 Å². The Kier molecular flexibility index (Phi) is 4.58. The number of piperidine rings is 1. The van der Waals surface area contributed by atoms with Crippen molar-refractivity contribution in [2.45, 2.75) is 25.3 Å². The van der Waals surface area contributed by atoms with Gasteiger partial charge in [-0.15, -0.1) is 0 Å². The lowest BCUT2D eigenvalue weighted by molar-refractivity contribution is -0.122. The van der Waals surface area contributed by atoms with Gasteiger partial charge in [0.2, 0.25) is 10.0 Å². The van der Waals surface area contributed by atoms with Crippen molar-refractivity contribution in [1.29, 1.82) is 0 Å². The summed E-state index contributed by atoms with van der Waals surface area (Å²) in [5.74, 6) is -0.819. The van der Waals surface area contributed by atoms with Crippen LogP contribution in [0, 0.1) is 5.82 Å². The molecule has 1 aliphatic rings. The van der Waals surface area contributed by atoms with Gasteiger partial charge in [0.15, 0.2) is 4.80 Å². The van der Waals surface area contributed by atoms with E-state index in [9.17, 15) is 17.6 Å². The van der Waals surface area contributed by atoms with Gasteiger partial charge in [0.1, 0.15) is 11.9 Å². The van der Waals surface area contributed by atoms with Crippen LogP contribution in [0.2, 0.25) is 0 Å². The van der Waals surface area contributed by atoms with Crippen LogP contribution in [0.3, 0.4) is 0 Å². The van der Waals surface area contributed by atoms with E-state index in [0.717, 1.165) is 24.6 Å². The number of sulfonamides is 1. The molecule has 0 saturated carbocycles. The van der Waals surface area contributed by atoms with E-state index in [2.05, 4.69) is 4.99 Å². The molecule has 0 bridgehead atoms. The summed E-state index contributed by atoms with van der Waals surface area (Å²) < 4.78 is 40.7. The summed E-state index contributed by atoms with van der Waals surface area (Å²) in [7, 11) is -1.71. The Balaban J connectivity index is 2.01. The van der Waals surface area contributed by atoms with Crippen molar-refractivity contribution < 1.29 is 17.6 Å². The Morgan fingerprint density at radius 2 is 2.12 bits per heavy atom. The number of carbonyl (C=O) groups excluding carboxylic acids is 1. The second-order valence-electron chi connectivity index (χ2n) is 5.89. The number of hydrogen-bond donors (Lipinski definition) is 0. The van der Waals surface area contributed by atoms with Gasteiger partial charge in [0.25, 0.3) is 5.91 Å². The third-order valence-corrected chi connectivity index (χ3v) is 6.53. The topological polar surface area (TPSA) is 71.7 Å². The highest BCUT2D eigenvalue weighted by molar-refractivity contribution is 7.88. The van der Waals surface area contributed by atoms with E-state index in [-0.39, 0.29) is 5.82 Å². The molecule has 6 nitrogen and oxygen atoms in total. The van der Waals surface area contributed by atoms with Crippen LogP contribution in [0.4, 0.5) is 4.39 Å². The van der Waals surface area contributed by atoms with Crippen molar-refractivity contribution in [3.8, 4) is 0 Å². The van der Waals surface area contributed by atoms with Crippen LogP contribution >= 0.6 is 11.3 Å². The Hall–Kier alpha value is -1.58. The number of fused-ring (bicyclic) bond motifs is 1. The van der Waals surface area contributed by atoms with Crippen LogP contribution in [0.15, 0.2) is 23.2 Å². The predicted octanol–water partition coefficient (Wildman–Crippen LogP) is 1.62. The Bertz CT molecular complexity index is 962. The molecule has 1 aromatic heterocycles.